The van der Waals surface area contributed by atoms with Gasteiger partial charge in [-0.25, -0.2) is 0 Å². The second kappa shape index (κ2) is 8.93. The predicted molar refractivity (Wildman–Crippen MR) is 56.3 cm³/mol. The van der Waals surface area contributed by atoms with Crippen molar-refractivity contribution in [1.82, 2.24) is 0 Å². The Bertz CT molecular complexity index is 141. The van der Waals surface area contributed by atoms with E-state index in [1.54, 1.807) is 0 Å². The Balaban J connectivity index is 3.05. The zero-order valence-electron chi connectivity index (χ0n) is 8.25. The molecule has 1 nitrogen and oxygen atoms in total. The molecule has 12 heavy (non-hydrogen) atoms. The maximum absolute atomic E-state index is 10.7. The number of hydrogen-bond acceptors (Lipinski definition) is 1. The van der Waals surface area contributed by atoms with E-state index >= 15 is 0 Å². The molecule has 1 unspecified atom stereocenters. The molecule has 0 amide bonds. The fraction of sp³-hybridized carbons (Fsp3) is 0.800. The third-order valence-corrected chi connectivity index (χ3v) is 2.66. The Morgan fingerprint density at radius 1 is 1.17 bits per heavy atom. The summed E-state index contributed by atoms with van der Waals surface area (Å²) >= 11 is 0. The summed E-state index contributed by atoms with van der Waals surface area (Å²) in [6.45, 7) is 3.99. The maximum atomic E-state index is 10.7. The predicted octanol–water partition coefficient (Wildman–Crippen LogP) is 3.97. The van der Waals surface area contributed by atoms with Crippen LogP contribution in [0.25, 0.3) is 0 Å². The fourth-order valence-corrected chi connectivity index (χ4v) is 1.67. The molecule has 0 aromatic carbocycles. The summed E-state index contributed by atoms with van der Waals surface area (Å²) in [6, 6.07) is 0. The van der Waals surface area contributed by atoms with Crippen molar-refractivity contribution in [1.29, 1.82) is 0 Å². The zero-order chi connectivity index (χ0) is 9.23. The lowest BCUT2D eigenvalue weighted by atomic mass is 10.2. The molecule has 0 aromatic heterocycles. The van der Waals surface area contributed by atoms with E-state index in [9.17, 15) is 4.57 Å². The van der Waals surface area contributed by atoms with Crippen LogP contribution < -0.4 is 0 Å². The minimum Gasteiger partial charge on any atom is -0.0885 e. The Kier molecular flexibility index (Phi) is 8.81. The number of hydrogen-bond donors (Lipinski definition) is 0. The molecule has 0 aliphatic heterocycles. The standard InChI is InChI=1S/C10H20OP/c1-3-4-5-6-7-8-9-10-12(2)11/h5-6H,3-4,7-10H2,1-2H3/q+1. The molecule has 0 rings (SSSR count). The van der Waals surface area contributed by atoms with Crippen LogP contribution >= 0.6 is 7.80 Å². The SMILES string of the molecule is CCCC=CCCCC[P+](C)=O. The first-order valence-electron chi connectivity index (χ1n) is 4.80. The zero-order valence-corrected chi connectivity index (χ0v) is 9.15. The highest BCUT2D eigenvalue weighted by Crippen LogP contribution is 2.16. The van der Waals surface area contributed by atoms with Crippen LogP contribution in [0.3, 0.4) is 0 Å². The monoisotopic (exact) mass is 187 g/mol. The summed E-state index contributed by atoms with van der Waals surface area (Å²) < 4.78 is 10.7. The van der Waals surface area contributed by atoms with Gasteiger partial charge < -0.3 is 0 Å². The molecule has 0 fully saturated rings. The van der Waals surface area contributed by atoms with Gasteiger partial charge in [-0.3, -0.25) is 0 Å². The van der Waals surface area contributed by atoms with Gasteiger partial charge in [-0.2, -0.15) is 0 Å². The first-order valence-corrected chi connectivity index (χ1v) is 6.69. The molecular formula is C10H20OP+. The van der Waals surface area contributed by atoms with Crippen molar-refractivity contribution in [3.8, 4) is 0 Å². The number of allylic oxidation sites excluding steroid dienone is 2. The molecule has 0 spiro atoms. The third-order valence-electron chi connectivity index (χ3n) is 1.72. The maximum Gasteiger partial charge on any atom is 0.335 e. The lowest BCUT2D eigenvalue weighted by Crippen LogP contribution is -1.77. The highest BCUT2D eigenvalue weighted by molar-refractivity contribution is 7.43. The van der Waals surface area contributed by atoms with Crippen molar-refractivity contribution < 1.29 is 4.57 Å². The van der Waals surface area contributed by atoms with E-state index in [4.69, 9.17) is 0 Å². The lowest BCUT2D eigenvalue weighted by Gasteiger charge is -1.89. The molecule has 0 radical (unpaired) electrons. The van der Waals surface area contributed by atoms with Gasteiger partial charge in [-0.05, 0) is 25.7 Å². The summed E-state index contributed by atoms with van der Waals surface area (Å²) in [6.07, 6.45) is 11.3. The molecule has 0 aromatic rings. The van der Waals surface area contributed by atoms with Gasteiger partial charge in [0.1, 0.15) is 12.8 Å². The van der Waals surface area contributed by atoms with Gasteiger partial charge in [0.15, 0.2) is 0 Å². The van der Waals surface area contributed by atoms with Crippen LogP contribution in [0, 0.1) is 0 Å². The average molecular weight is 187 g/mol. The van der Waals surface area contributed by atoms with Crippen molar-refractivity contribution in [3.63, 3.8) is 0 Å². The van der Waals surface area contributed by atoms with Crippen LogP contribution in [0.15, 0.2) is 12.2 Å². The van der Waals surface area contributed by atoms with Crippen molar-refractivity contribution in [2.45, 2.75) is 39.0 Å². The molecule has 0 aliphatic carbocycles. The first-order chi connectivity index (χ1) is 5.77. The molecular weight excluding hydrogens is 167 g/mol. The molecule has 0 heterocycles. The van der Waals surface area contributed by atoms with E-state index in [0.29, 0.717) is 0 Å². The second-order valence-corrected chi connectivity index (χ2v) is 4.81. The van der Waals surface area contributed by atoms with Gasteiger partial charge in [0.05, 0.1) is 0 Å². The van der Waals surface area contributed by atoms with Crippen molar-refractivity contribution in [2.24, 2.45) is 0 Å². The minimum absolute atomic E-state index is 0.900. The highest BCUT2D eigenvalue weighted by atomic mass is 31.1. The minimum atomic E-state index is -0.902. The smallest absolute Gasteiger partial charge is 0.0885 e. The van der Waals surface area contributed by atoms with Crippen LogP contribution in [0.2, 0.25) is 0 Å². The Morgan fingerprint density at radius 3 is 2.42 bits per heavy atom. The average Bonchev–Trinajstić information content (AvgIpc) is 2.02. The number of unbranched alkanes of at least 4 members (excludes halogenated alkanes) is 3. The molecule has 1 atom stereocenters. The lowest BCUT2D eigenvalue weighted by molar-refractivity contribution is 0.588. The van der Waals surface area contributed by atoms with E-state index in [1.807, 2.05) is 6.66 Å². The third kappa shape index (κ3) is 9.84. The normalized spacial score (nSPS) is 12.3. The van der Waals surface area contributed by atoms with Gasteiger partial charge in [0.25, 0.3) is 0 Å². The molecule has 2 heteroatoms. The summed E-state index contributed by atoms with van der Waals surface area (Å²) in [5, 5.41) is 0. The quantitative estimate of drug-likeness (QED) is 0.335. The second-order valence-electron chi connectivity index (χ2n) is 3.11. The topological polar surface area (TPSA) is 17.1 Å². The van der Waals surface area contributed by atoms with Gasteiger partial charge in [0.2, 0.25) is 0 Å². The molecule has 0 bridgehead atoms. The van der Waals surface area contributed by atoms with E-state index < -0.39 is 7.80 Å². The van der Waals surface area contributed by atoms with Crippen LogP contribution in [-0.2, 0) is 4.57 Å². The molecule has 0 N–H and O–H groups in total. The first kappa shape index (κ1) is 11.8. The Labute approximate surface area is 77.0 Å². The summed E-state index contributed by atoms with van der Waals surface area (Å²) in [5.41, 5.74) is 0. The molecule has 70 valence electrons. The van der Waals surface area contributed by atoms with Gasteiger partial charge >= 0.3 is 7.80 Å². The Hall–Kier alpha value is -0.160. The largest absolute Gasteiger partial charge is 0.335 e. The van der Waals surface area contributed by atoms with E-state index in [-0.39, 0.29) is 0 Å². The van der Waals surface area contributed by atoms with Crippen molar-refractivity contribution >= 4 is 7.80 Å². The van der Waals surface area contributed by atoms with E-state index in [0.717, 1.165) is 19.0 Å². The highest BCUT2D eigenvalue weighted by Gasteiger charge is 2.02. The summed E-state index contributed by atoms with van der Waals surface area (Å²) in [5.74, 6) is 0. The van der Waals surface area contributed by atoms with Crippen molar-refractivity contribution in [2.75, 3.05) is 12.8 Å². The Morgan fingerprint density at radius 2 is 1.83 bits per heavy atom. The number of rotatable bonds is 7. The van der Waals surface area contributed by atoms with E-state index in [1.165, 1.54) is 19.3 Å². The molecule has 0 saturated heterocycles. The van der Waals surface area contributed by atoms with E-state index in [2.05, 4.69) is 19.1 Å². The van der Waals surface area contributed by atoms with Crippen LogP contribution in [0.4, 0.5) is 0 Å². The molecule has 0 aliphatic rings. The van der Waals surface area contributed by atoms with Crippen molar-refractivity contribution in [3.05, 3.63) is 12.2 Å². The van der Waals surface area contributed by atoms with Gasteiger partial charge in [-0.1, -0.05) is 30.1 Å². The summed E-state index contributed by atoms with van der Waals surface area (Å²) in [4.78, 5) is 0. The van der Waals surface area contributed by atoms with Crippen LogP contribution in [-0.4, -0.2) is 12.8 Å². The van der Waals surface area contributed by atoms with Crippen LogP contribution in [0.1, 0.15) is 39.0 Å². The van der Waals surface area contributed by atoms with Gasteiger partial charge in [0, 0.05) is 0 Å². The van der Waals surface area contributed by atoms with Gasteiger partial charge in [-0.15, -0.1) is 0 Å². The fourth-order valence-electron chi connectivity index (χ4n) is 0.999. The van der Waals surface area contributed by atoms with Crippen LogP contribution in [0.5, 0.6) is 0 Å². The summed E-state index contributed by atoms with van der Waals surface area (Å²) in [7, 11) is -0.902. The molecule has 0 saturated carbocycles.